The average molecular weight is 234 g/mol. The first-order chi connectivity index (χ1) is 8.04. The summed E-state index contributed by atoms with van der Waals surface area (Å²) >= 11 is 0. The van der Waals surface area contributed by atoms with Crippen LogP contribution in [0.4, 0.5) is 0 Å². The van der Waals surface area contributed by atoms with E-state index in [1.165, 1.54) is 0 Å². The Labute approximate surface area is 99.8 Å². The van der Waals surface area contributed by atoms with E-state index in [1.54, 1.807) is 0 Å². The fourth-order valence-corrected chi connectivity index (χ4v) is 1.88. The van der Waals surface area contributed by atoms with Crippen molar-refractivity contribution in [2.75, 3.05) is 0 Å². The Morgan fingerprint density at radius 3 is 2.35 bits per heavy atom. The molecule has 0 bridgehead atoms. The van der Waals surface area contributed by atoms with Crippen molar-refractivity contribution in [3.63, 3.8) is 0 Å². The number of Topliss-reactive ketones (excluding diaryl/α,β-unsaturated/α-hetero) is 1. The maximum absolute atomic E-state index is 11.6. The molecule has 0 aromatic carbocycles. The predicted octanol–water partition coefficient (Wildman–Crippen LogP) is 1.13. The fourth-order valence-electron chi connectivity index (χ4n) is 1.88. The molecule has 0 atom stereocenters. The van der Waals surface area contributed by atoms with Gasteiger partial charge in [0.05, 0.1) is 0 Å². The molecule has 1 saturated carbocycles. The van der Waals surface area contributed by atoms with Crippen LogP contribution in [0.2, 0.25) is 0 Å². The molecule has 5 nitrogen and oxygen atoms in total. The van der Waals surface area contributed by atoms with Crippen molar-refractivity contribution >= 4 is 17.5 Å². The van der Waals surface area contributed by atoms with Gasteiger partial charge in [-0.25, -0.2) is 4.79 Å². The Morgan fingerprint density at radius 2 is 1.94 bits per heavy atom. The minimum Gasteiger partial charge on any atom is -0.437 e. The number of hydrogen-bond acceptors (Lipinski definition) is 3. The van der Waals surface area contributed by atoms with Gasteiger partial charge in [0.1, 0.15) is 0 Å². The third kappa shape index (κ3) is 3.02. The number of terminal acetylenes is 1. The standard InChI is InChI=1S/C12H14N2O3/c1-3-12(7-5-4-6-8-12)17-11(16)10(14-13)9(2)15/h1H,4-8H2,2H3. The second kappa shape index (κ2) is 5.42. The summed E-state index contributed by atoms with van der Waals surface area (Å²) in [4.78, 5) is 25.3. The van der Waals surface area contributed by atoms with Crippen LogP contribution in [0.1, 0.15) is 39.0 Å². The van der Waals surface area contributed by atoms with Crippen LogP contribution in [0, 0.1) is 12.3 Å². The zero-order valence-electron chi connectivity index (χ0n) is 9.73. The fraction of sp³-hybridized carbons (Fsp3) is 0.583. The van der Waals surface area contributed by atoms with Crippen LogP contribution < -0.4 is 0 Å². The van der Waals surface area contributed by atoms with Gasteiger partial charge in [0.2, 0.25) is 5.78 Å². The molecule has 0 saturated heterocycles. The molecule has 0 N–H and O–H groups in total. The van der Waals surface area contributed by atoms with Crippen LogP contribution in [0.25, 0.3) is 5.53 Å². The average Bonchev–Trinajstić information content (AvgIpc) is 2.30. The molecule has 1 aliphatic rings. The summed E-state index contributed by atoms with van der Waals surface area (Å²) in [7, 11) is 0. The van der Waals surface area contributed by atoms with E-state index in [0.717, 1.165) is 26.2 Å². The zero-order valence-corrected chi connectivity index (χ0v) is 9.73. The minimum absolute atomic E-state index is 0.575. The number of nitrogens with zero attached hydrogens (tertiary/aromatic N) is 2. The Hall–Kier alpha value is -1.92. The van der Waals surface area contributed by atoms with Crippen LogP contribution in [0.3, 0.4) is 0 Å². The zero-order chi connectivity index (χ0) is 12.9. The van der Waals surface area contributed by atoms with Crippen molar-refractivity contribution < 1.29 is 19.1 Å². The molecule has 0 aromatic rings. The van der Waals surface area contributed by atoms with Gasteiger partial charge in [0, 0.05) is 6.92 Å². The molecule has 0 heterocycles. The third-order valence-corrected chi connectivity index (χ3v) is 2.84. The van der Waals surface area contributed by atoms with Crippen LogP contribution in [-0.2, 0) is 14.3 Å². The molecule has 1 fully saturated rings. The molecular weight excluding hydrogens is 220 g/mol. The number of rotatable bonds is 3. The predicted molar refractivity (Wildman–Crippen MR) is 60.0 cm³/mol. The van der Waals surface area contributed by atoms with Gasteiger partial charge in [-0.05, 0) is 25.7 Å². The number of hydrogen-bond donors (Lipinski definition) is 0. The Kier molecular flexibility index (Phi) is 4.19. The van der Waals surface area contributed by atoms with Gasteiger partial charge in [-0.2, -0.15) is 4.79 Å². The Balaban J connectivity index is 2.82. The van der Waals surface area contributed by atoms with Crippen LogP contribution in [-0.4, -0.2) is 27.9 Å². The second-order valence-corrected chi connectivity index (χ2v) is 4.09. The van der Waals surface area contributed by atoms with Crippen molar-refractivity contribution in [2.24, 2.45) is 0 Å². The SMILES string of the molecule is C#CC1(OC(=O)C(=[N+]=[N-])C(C)=O)CCCCC1. The first-order valence-electron chi connectivity index (χ1n) is 5.49. The van der Waals surface area contributed by atoms with E-state index in [1.807, 2.05) is 0 Å². The maximum Gasteiger partial charge on any atom is 0.441 e. The monoisotopic (exact) mass is 234 g/mol. The number of carbonyl (C=O) groups is 2. The minimum atomic E-state index is -0.958. The summed E-state index contributed by atoms with van der Waals surface area (Å²) < 4.78 is 5.16. The highest BCUT2D eigenvalue weighted by Gasteiger charge is 2.39. The van der Waals surface area contributed by atoms with Crippen LogP contribution >= 0.6 is 0 Å². The van der Waals surface area contributed by atoms with Crippen molar-refractivity contribution in [3.8, 4) is 12.3 Å². The molecule has 1 aliphatic carbocycles. The van der Waals surface area contributed by atoms with Crippen molar-refractivity contribution in [1.82, 2.24) is 0 Å². The summed E-state index contributed by atoms with van der Waals surface area (Å²) in [6, 6.07) is 0. The first-order valence-corrected chi connectivity index (χ1v) is 5.49. The molecule has 90 valence electrons. The van der Waals surface area contributed by atoms with Gasteiger partial charge >= 0.3 is 11.7 Å². The van der Waals surface area contributed by atoms with Crippen molar-refractivity contribution in [3.05, 3.63) is 5.53 Å². The Morgan fingerprint density at radius 1 is 1.35 bits per heavy atom. The normalized spacial score (nSPS) is 17.4. The quantitative estimate of drug-likeness (QED) is 0.183. The smallest absolute Gasteiger partial charge is 0.437 e. The number of esters is 1. The second-order valence-electron chi connectivity index (χ2n) is 4.09. The lowest BCUT2D eigenvalue weighted by Gasteiger charge is -2.31. The van der Waals surface area contributed by atoms with E-state index < -0.39 is 23.1 Å². The Bertz CT molecular complexity index is 422. The van der Waals surface area contributed by atoms with E-state index in [9.17, 15) is 9.59 Å². The number of carbonyl (C=O) groups excluding carboxylic acids is 2. The van der Waals surface area contributed by atoms with Gasteiger partial charge in [-0.15, -0.1) is 6.42 Å². The van der Waals surface area contributed by atoms with Gasteiger partial charge in [-0.3, -0.25) is 4.79 Å². The van der Waals surface area contributed by atoms with Crippen molar-refractivity contribution in [1.29, 1.82) is 0 Å². The number of ether oxygens (including phenoxy) is 1. The summed E-state index contributed by atoms with van der Waals surface area (Å²) in [5.41, 5.74) is 6.99. The molecule has 17 heavy (non-hydrogen) atoms. The van der Waals surface area contributed by atoms with E-state index >= 15 is 0 Å². The molecule has 0 unspecified atom stereocenters. The highest BCUT2D eigenvalue weighted by Crippen LogP contribution is 2.31. The molecule has 0 amide bonds. The molecule has 1 rings (SSSR count). The highest BCUT2D eigenvalue weighted by molar-refractivity contribution is 6.61. The summed E-state index contributed by atoms with van der Waals surface area (Å²) in [6.45, 7) is 1.12. The van der Waals surface area contributed by atoms with E-state index in [-0.39, 0.29) is 0 Å². The van der Waals surface area contributed by atoms with Crippen molar-refractivity contribution in [2.45, 2.75) is 44.6 Å². The molecule has 5 heteroatoms. The maximum atomic E-state index is 11.6. The van der Waals surface area contributed by atoms with Gasteiger partial charge < -0.3 is 10.3 Å². The largest absolute Gasteiger partial charge is 0.441 e. The summed E-state index contributed by atoms with van der Waals surface area (Å²) in [5.74, 6) is 0.864. The molecule has 0 aliphatic heterocycles. The van der Waals surface area contributed by atoms with Gasteiger partial charge in [0.25, 0.3) is 0 Å². The van der Waals surface area contributed by atoms with Gasteiger partial charge in [0.15, 0.2) is 5.60 Å². The molecule has 0 spiro atoms. The summed E-state index contributed by atoms with van der Waals surface area (Å²) in [6.07, 6.45) is 9.35. The van der Waals surface area contributed by atoms with E-state index in [4.69, 9.17) is 16.7 Å². The highest BCUT2D eigenvalue weighted by atomic mass is 16.6. The topological polar surface area (TPSA) is 79.8 Å². The van der Waals surface area contributed by atoms with E-state index in [2.05, 4.69) is 10.7 Å². The number of ketones is 1. The molecule has 0 aromatic heterocycles. The lowest BCUT2D eigenvalue weighted by atomic mass is 9.85. The van der Waals surface area contributed by atoms with Crippen LogP contribution in [0.5, 0.6) is 0 Å². The van der Waals surface area contributed by atoms with Crippen LogP contribution in [0.15, 0.2) is 0 Å². The lowest BCUT2D eigenvalue weighted by Crippen LogP contribution is -2.39. The lowest BCUT2D eigenvalue weighted by molar-refractivity contribution is -0.153. The van der Waals surface area contributed by atoms with E-state index in [0.29, 0.717) is 12.8 Å². The first kappa shape index (κ1) is 13.1. The van der Waals surface area contributed by atoms with Gasteiger partial charge in [-0.1, -0.05) is 12.3 Å². The molecular formula is C12H14N2O3. The third-order valence-electron chi connectivity index (χ3n) is 2.84. The molecule has 0 radical (unpaired) electrons. The summed E-state index contributed by atoms with van der Waals surface area (Å²) in [5, 5.41) is 0.